The molecule has 4 rings (SSSR count). The van der Waals surface area contributed by atoms with Crippen molar-refractivity contribution < 1.29 is 9.53 Å². The van der Waals surface area contributed by atoms with Crippen LogP contribution in [0.2, 0.25) is 0 Å². The van der Waals surface area contributed by atoms with Gasteiger partial charge in [0.2, 0.25) is 5.12 Å². The maximum absolute atomic E-state index is 12.5. The third kappa shape index (κ3) is 2.87. The third-order valence-corrected chi connectivity index (χ3v) is 6.70. The van der Waals surface area contributed by atoms with Gasteiger partial charge in [-0.2, -0.15) is 0 Å². The Morgan fingerprint density at radius 2 is 1.96 bits per heavy atom. The molecule has 0 amide bonds. The van der Waals surface area contributed by atoms with E-state index in [1.54, 1.807) is 18.9 Å². The van der Waals surface area contributed by atoms with Gasteiger partial charge in [-0.05, 0) is 41.4 Å². The van der Waals surface area contributed by atoms with Crippen LogP contribution in [0.15, 0.2) is 59.6 Å². The van der Waals surface area contributed by atoms with Gasteiger partial charge >= 0.3 is 0 Å². The Bertz CT molecular complexity index is 789. The monoisotopic (exact) mass is 355 g/mol. The molecule has 0 bridgehead atoms. The van der Waals surface area contributed by atoms with Crippen LogP contribution in [-0.2, 0) is 10.5 Å². The second-order valence-electron chi connectivity index (χ2n) is 6.00. The van der Waals surface area contributed by atoms with Gasteiger partial charge < -0.3 is 4.74 Å². The van der Waals surface area contributed by atoms with Crippen LogP contribution in [0.25, 0.3) is 0 Å². The molecule has 1 aliphatic carbocycles. The van der Waals surface area contributed by atoms with Crippen LogP contribution < -0.4 is 4.74 Å². The van der Waals surface area contributed by atoms with Crippen LogP contribution in [0.3, 0.4) is 0 Å². The van der Waals surface area contributed by atoms with Gasteiger partial charge in [-0.3, -0.25) is 9.79 Å². The SMILES string of the molecule is COc1ccc([C@H]2C[C@@]23N=C(SCc2ccccc2)SC3=O)cc1. The van der Waals surface area contributed by atoms with Crippen LogP contribution in [0.4, 0.5) is 0 Å². The van der Waals surface area contributed by atoms with E-state index in [1.165, 1.54) is 22.9 Å². The molecule has 1 heterocycles. The molecule has 2 aliphatic rings. The number of aliphatic imine (C=N–C) groups is 1. The molecule has 0 aromatic heterocycles. The minimum Gasteiger partial charge on any atom is -0.497 e. The number of benzene rings is 2. The van der Waals surface area contributed by atoms with Crippen molar-refractivity contribution in [2.24, 2.45) is 4.99 Å². The molecule has 1 fully saturated rings. The normalized spacial score (nSPS) is 25.0. The highest BCUT2D eigenvalue weighted by Gasteiger charge is 2.63. The second kappa shape index (κ2) is 6.30. The summed E-state index contributed by atoms with van der Waals surface area (Å²) in [4.78, 5) is 17.3. The van der Waals surface area contributed by atoms with Gasteiger partial charge in [-0.15, -0.1) is 0 Å². The minimum atomic E-state index is -0.516. The predicted molar refractivity (Wildman–Crippen MR) is 101 cm³/mol. The Labute approximate surface area is 149 Å². The first-order valence-corrected chi connectivity index (χ1v) is 9.64. The van der Waals surface area contributed by atoms with Gasteiger partial charge in [0.25, 0.3) is 0 Å². The first-order chi connectivity index (χ1) is 11.7. The zero-order valence-corrected chi connectivity index (χ0v) is 14.9. The summed E-state index contributed by atoms with van der Waals surface area (Å²) in [6.45, 7) is 0. The number of ether oxygens (including phenoxy) is 1. The van der Waals surface area contributed by atoms with E-state index in [9.17, 15) is 4.79 Å². The fourth-order valence-electron chi connectivity index (χ4n) is 3.01. The average molecular weight is 355 g/mol. The van der Waals surface area contributed by atoms with E-state index in [4.69, 9.17) is 9.73 Å². The number of hydrogen-bond donors (Lipinski definition) is 0. The van der Waals surface area contributed by atoms with E-state index in [0.717, 1.165) is 22.3 Å². The van der Waals surface area contributed by atoms with E-state index >= 15 is 0 Å². The number of hydrogen-bond acceptors (Lipinski definition) is 5. The summed E-state index contributed by atoms with van der Waals surface area (Å²) in [5, 5.41) is 0.193. The van der Waals surface area contributed by atoms with Gasteiger partial charge in [0.1, 0.15) is 15.7 Å². The van der Waals surface area contributed by atoms with Crippen LogP contribution in [0.5, 0.6) is 5.75 Å². The van der Waals surface area contributed by atoms with Gasteiger partial charge in [0.05, 0.1) is 7.11 Å². The molecule has 0 radical (unpaired) electrons. The third-order valence-electron chi connectivity index (χ3n) is 4.48. The van der Waals surface area contributed by atoms with Crippen molar-refractivity contribution in [3.8, 4) is 5.75 Å². The van der Waals surface area contributed by atoms with Crippen molar-refractivity contribution in [3.63, 3.8) is 0 Å². The Morgan fingerprint density at radius 3 is 2.67 bits per heavy atom. The molecule has 0 saturated heterocycles. The maximum Gasteiger partial charge on any atom is 0.223 e. The fourth-order valence-corrected chi connectivity index (χ4v) is 5.18. The fraction of sp³-hybridized carbons (Fsp3) is 0.263. The van der Waals surface area contributed by atoms with E-state index < -0.39 is 5.54 Å². The van der Waals surface area contributed by atoms with Gasteiger partial charge in [0, 0.05) is 11.7 Å². The van der Waals surface area contributed by atoms with Gasteiger partial charge in [0.15, 0.2) is 0 Å². The smallest absolute Gasteiger partial charge is 0.223 e. The molecular formula is C19H17NO2S2. The summed E-state index contributed by atoms with van der Waals surface area (Å²) in [6.07, 6.45) is 0.820. The van der Waals surface area contributed by atoms with Crippen molar-refractivity contribution in [1.82, 2.24) is 0 Å². The van der Waals surface area contributed by atoms with Crippen molar-refractivity contribution >= 4 is 33.0 Å². The molecule has 0 unspecified atom stereocenters. The molecule has 24 heavy (non-hydrogen) atoms. The lowest BCUT2D eigenvalue weighted by Crippen LogP contribution is -2.14. The van der Waals surface area contributed by atoms with Crippen LogP contribution >= 0.6 is 23.5 Å². The highest BCUT2D eigenvalue weighted by Crippen LogP contribution is 2.60. The predicted octanol–water partition coefficient (Wildman–Crippen LogP) is 4.48. The maximum atomic E-state index is 12.5. The molecule has 2 aromatic carbocycles. The first kappa shape index (κ1) is 15.8. The lowest BCUT2D eigenvalue weighted by molar-refractivity contribution is -0.112. The van der Waals surface area contributed by atoms with Crippen molar-refractivity contribution in [1.29, 1.82) is 0 Å². The molecule has 1 aliphatic heterocycles. The first-order valence-electron chi connectivity index (χ1n) is 7.84. The number of carbonyl (C=O) groups is 1. The van der Waals surface area contributed by atoms with E-state index in [1.807, 2.05) is 42.5 Å². The molecule has 122 valence electrons. The number of nitrogens with zero attached hydrogens (tertiary/aromatic N) is 1. The standard InChI is InChI=1S/C19H17NO2S2/c1-22-15-9-7-14(8-10-15)16-11-19(16)17(21)24-18(20-19)23-12-13-5-3-2-4-6-13/h2-10,16H,11-12H2,1H3/t16-,19-/m1/s1. The largest absolute Gasteiger partial charge is 0.497 e. The second-order valence-corrected chi connectivity index (χ2v) is 8.18. The number of thioether (sulfide) groups is 2. The Hall–Kier alpha value is -1.72. The molecule has 2 atom stereocenters. The van der Waals surface area contributed by atoms with Crippen LogP contribution in [-0.4, -0.2) is 22.1 Å². The molecule has 1 saturated carbocycles. The highest BCUT2D eigenvalue weighted by atomic mass is 32.2. The average Bonchev–Trinajstić information content (AvgIpc) is 3.27. The number of carbonyl (C=O) groups excluding carboxylic acids is 1. The van der Waals surface area contributed by atoms with Gasteiger partial charge in [-0.1, -0.05) is 54.2 Å². The lowest BCUT2D eigenvalue weighted by atomic mass is 10.1. The van der Waals surface area contributed by atoms with Gasteiger partial charge in [-0.25, -0.2) is 0 Å². The van der Waals surface area contributed by atoms with E-state index in [2.05, 4.69) is 12.1 Å². The highest BCUT2D eigenvalue weighted by molar-refractivity contribution is 8.45. The summed E-state index contributed by atoms with van der Waals surface area (Å²) in [5.41, 5.74) is 1.91. The summed E-state index contributed by atoms with van der Waals surface area (Å²) in [7, 11) is 1.66. The molecule has 0 N–H and O–H groups in total. The minimum absolute atomic E-state index is 0.193. The van der Waals surface area contributed by atoms with E-state index in [-0.39, 0.29) is 11.0 Å². The lowest BCUT2D eigenvalue weighted by Gasteiger charge is -2.05. The molecule has 2 aromatic rings. The molecule has 3 nitrogen and oxygen atoms in total. The van der Waals surface area contributed by atoms with E-state index in [0.29, 0.717) is 0 Å². The topological polar surface area (TPSA) is 38.7 Å². The Morgan fingerprint density at radius 1 is 1.21 bits per heavy atom. The molecule has 5 heteroatoms. The van der Waals surface area contributed by atoms with Crippen LogP contribution in [0, 0.1) is 0 Å². The summed E-state index contributed by atoms with van der Waals surface area (Å²) in [5.74, 6) is 1.89. The van der Waals surface area contributed by atoms with Crippen molar-refractivity contribution in [2.75, 3.05) is 7.11 Å². The Balaban J connectivity index is 1.46. The molecular weight excluding hydrogens is 338 g/mol. The van der Waals surface area contributed by atoms with Crippen molar-refractivity contribution in [2.45, 2.75) is 23.6 Å². The quantitative estimate of drug-likeness (QED) is 0.810. The molecule has 1 spiro atoms. The number of rotatable bonds is 4. The summed E-state index contributed by atoms with van der Waals surface area (Å²) < 4.78 is 6.10. The Kier molecular flexibility index (Phi) is 4.14. The van der Waals surface area contributed by atoms with Crippen molar-refractivity contribution in [3.05, 3.63) is 65.7 Å². The zero-order chi connectivity index (χ0) is 16.6. The summed E-state index contributed by atoms with van der Waals surface area (Å²) >= 11 is 2.97. The summed E-state index contributed by atoms with van der Waals surface area (Å²) in [6, 6.07) is 18.3. The van der Waals surface area contributed by atoms with Crippen LogP contribution in [0.1, 0.15) is 23.5 Å². The zero-order valence-electron chi connectivity index (χ0n) is 13.3. The number of methoxy groups -OCH3 is 1.